The molecule has 2 saturated heterocycles. The molecule has 40 heavy (non-hydrogen) atoms. The summed E-state index contributed by atoms with van der Waals surface area (Å²) in [4.78, 5) is 30.6. The van der Waals surface area contributed by atoms with Crippen LogP contribution in [0.2, 0.25) is 5.02 Å². The summed E-state index contributed by atoms with van der Waals surface area (Å²) in [5.74, 6) is -0.402. The Morgan fingerprint density at radius 2 is 1.73 bits per heavy atom. The van der Waals surface area contributed by atoms with Gasteiger partial charge in [-0.2, -0.15) is 0 Å². The van der Waals surface area contributed by atoms with Crippen molar-refractivity contribution in [2.45, 2.75) is 45.6 Å². The van der Waals surface area contributed by atoms with Crippen LogP contribution in [0.1, 0.15) is 56.7 Å². The van der Waals surface area contributed by atoms with E-state index in [2.05, 4.69) is 11.8 Å². The molecule has 2 heterocycles. The van der Waals surface area contributed by atoms with Gasteiger partial charge in [-0.15, -0.1) is 0 Å². The lowest BCUT2D eigenvalue weighted by Crippen LogP contribution is -2.39. The molecule has 2 fully saturated rings. The van der Waals surface area contributed by atoms with Crippen molar-refractivity contribution in [2.24, 2.45) is 0 Å². The first kappa shape index (κ1) is 29.9. The molecule has 9 heteroatoms. The molecule has 0 spiro atoms. The van der Waals surface area contributed by atoms with Gasteiger partial charge >= 0.3 is 0 Å². The molecular formula is C31H39ClN2O6. The minimum absolute atomic E-state index is 0.0535. The maximum atomic E-state index is 13.4. The van der Waals surface area contributed by atoms with E-state index >= 15 is 0 Å². The molecule has 0 bridgehead atoms. The van der Waals surface area contributed by atoms with E-state index < -0.39 is 17.7 Å². The fraction of sp³-hybridized carbons (Fsp3) is 0.484. The molecule has 216 valence electrons. The standard InChI is InChI=1S/C31H39ClN2O6/c1-3-5-6-18-40-25-13-10-23(21-26(25)39-4-2)28-27(29(35)22-8-11-24(32)12-9-22)30(36)31(37)34(28)15-7-14-33-16-19-38-20-17-33/h8-13,21,28,35H,3-7,14-20H2,1-2H3. The number of amides is 1. The maximum Gasteiger partial charge on any atom is 0.295 e. The third-order valence-corrected chi connectivity index (χ3v) is 7.48. The Morgan fingerprint density at radius 3 is 2.42 bits per heavy atom. The average molecular weight is 571 g/mol. The Kier molecular flexibility index (Phi) is 10.9. The number of aliphatic hydroxyl groups excluding tert-OH is 1. The quantitative estimate of drug-likeness (QED) is 0.148. The third kappa shape index (κ3) is 7.16. The zero-order valence-corrected chi connectivity index (χ0v) is 24.1. The van der Waals surface area contributed by atoms with E-state index in [4.69, 9.17) is 25.8 Å². The number of hydrogen-bond acceptors (Lipinski definition) is 7. The number of halogens is 1. The Hall–Kier alpha value is -3.07. The van der Waals surface area contributed by atoms with Gasteiger partial charge in [0.05, 0.1) is 38.0 Å². The minimum Gasteiger partial charge on any atom is -0.507 e. The van der Waals surface area contributed by atoms with Gasteiger partial charge in [0.15, 0.2) is 11.5 Å². The van der Waals surface area contributed by atoms with Crippen molar-refractivity contribution in [1.29, 1.82) is 0 Å². The number of likely N-dealkylation sites (tertiary alicyclic amines) is 1. The first-order chi connectivity index (χ1) is 19.4. The number of rotatable bonds is 13. The second kappa shape index (κ2) is 14.5. The number of nitrogens with zero attached hydrogens (tertiary/aromatic N) is 2. The first-order valence-electron chi connectivity index (χ1n) is 14.2. The van der Waals surface area contributed by atoms with Crippen molar-refractivity contribution in [3.05, 3.63) is 64.2 Å². The predicted molar refractivity (Wildman–Crippen MR) is 155 cm³/mol. The number of ketones is 1. The largest absolute Gasteiger partial charge is 0.507 e. The number of morpholine rings is 1. The summed E-state index contributed by atoms with van der Waals surface area (Å²) in [6.07, 6.45) is 3.79. The van der Waals surface area contributed by atoms with Crippen LogP contribution in [0.25, 0.3) is 5.76 Å². The van der Waals surface area contributed by atoms with E-state index in [9.17, 15) is 14.7 Å². The third-order valence-electron chi connectivity index (χ3n) is 7.22. The van der Waals surface area contributed by atoms with Gasteiger partial charge in [0, 0.05) is 36.8 Å². The minimum atomic E-state index is -0.770. The number of carbonyl (C=O) groups is 2. The highest BCUT2D eigenvalue weighted by Gasteiger charge is 2.46. The van der Waals surface area contributed by atoms with E-state index in [0.29, 0.717) is 67.0 Å². The SMILES string of the molecule is CCCCCOc1ccc(C2C(=C(O)c3ccc(Cl)cc3)C(=O)C(=O)N2CCCN2CCOCC2)cc1OCC. The molecule has 0 saturated carbocycles. The Labute approximate surface area is 241 Å². The van der Waals surface area contributed by atoms with E-state index in [-0.39, 0.29) is 11.3 Å². The molecule has 2 aromatic carbocycles. The normalized spacial score (nSPS) is 19.3. The van der Waals surface area contributed by atoms with Gasteiger partial charge in [-0.1, -0.05) is 37.4 Å². The van der Waals surface area contributed by atoms with Crippen LogP contribution in [0.5, 0.6) is 11.5 Å². The summed E-state index contributed by atoms with van der Waals surface area (Å²) < 4.78 is 17.4. The topological polar surface area (TPSA) is 88.5 Å². The Balaban J connectivity index is 1.68. The van der Waals surface area contributed by atoms with Crippen LogP contribution in [-0.4, -0.2) is 79.2 Å². The van der Waals surface area contributed by atoms with Crippen molar-refractivity contribution in [3.63, 3.8) is 0 Å². The highest BCUT2D eigenvalue weighted by molar-refractivity contribution is 6.46. The first-order valence-corrected chi connectivity index (χ1v) is 14.6. The molecule has 1 N–H and O–H groups in total. The number of aliphatic hydroxyl groups is 1. The van der Waals surface area contributed by atoms with E-state index in [1.165, 1.54) is 0 Å². The second-order valence-corrected chi connectivity index (χ2v) is 10.4. The van der Waals surface area contributed by atoms with Crippen molar-refractivity contribution in [3.8, 4) is 11.5 Å². The van der Waals surface area contributed by atoms with Crippen LogP contribution < -0.4 is 9.47 Å². The highest BCUT2D eigenvalue weighted by Crippen LogP contribution is 2.42. The van der Waals surface area contributed by atoms with Gasteiger partial charge in [0.2, 0.25) is 0 Å². The molecule has 2 aliphatic heterocycles. The van der Waals surface area contributed by atoms with Crippen LogP contribution in [0.15, 0.2) is 48.0 Å². The van der Waals surface area contributed by atoms with E-state index in [1.54, 1.807) is 29.2 Å². The predicted octanol–water partition coefficient (Wildman–Crippen LogP) is 5.45. The number of benzene rings is 2. The number of hydrogen-bond donors (Lipinski definition) is 1. The molecule has 1 atom stereocenters. The van der Waals surface area contributed by atoms with Gasteiger partial charge in [0.1, 0.15) is 5.76 Å². The van der Waals surface area contributed by atoms with Crippen molar-refractivity contribution < 1.29 is 28.9 Å². The van der Waals surface area contributed by atoms with Gasteiger partial charge in [-0.05, 0) is 61.7 Å². The Bertz CT molecular complexity index is 1190. The fourth-order valence-corrected chi connectivity index (χ4v) is 5.25. The molecule has 2 aliphatic rings. The number of Topliss-reactive ketones (excluding diaryl/α,β-unsaturated/α-hetero) is 1. The zero-order valence-electron chi connectivity index (χ0n) is 23.4. The van der Waals surface area contributed by atoms with Crippen LogP contribution in [-0.2, 0) is 14.3 Å². The molecule has 1 amide bonds. The smallest absolute Gasteiger partial charge is 0.295 e. The monoisotopic (exact) mass is 570 g/mol. The summed E-state index contributed by atoms with van der Waals surface area (Å²) in [6, 6.07) is 11.3. The number of unbranched alkanes of at least 4 members (excludes halogenated alkanes) is 2. The Morgan fingerprint density at radius 1 is 0.975 bits per heavy atom. The zero-order chi connectivity index (χ0) is 28.5. The summed E-state index contributed by atoms with van der Waals surface area (Å²) in [7, 11) is 0. The van der Waals surface area contributed by atoms with Gasteiger partial charge in [-0.25, -0.2) is 0 Å². The molecule has 0 radical (unpaired) electrons. The molecule has 1 unspecified atom stereocenters. The second-order valence-electron chi connectivity index (χ2n) is 10.0. The summed E-state index contributed by atoms with van der Waals surface area (Å²) >= 11 is 6.05. The van der Waals surface area contributed by atoms with Crippen LogP contribution in [0.4, 0.5) is 0 Å². The van der Waals surface area contributed by atoms with Gasteiger partial charge < -0.3 is 24.2 Å². The summed E-state index contributed by atoms with van der Waals surface area (Å²) in [6.45, 7) is 9.26. The van der Waals surface area contributed by atoms with E-state index in [0.717, 1.165) is 38.9 Å². The lowest BCUT2D eigenvalue weighted by Gasteiger charge is -2.29. The lowest BCUT2D eigenvalue weighted by atomic mass is 9.95. The molecular weight excluding hydrogens is 532 g/mol. The lowest BCUT2D eigenvalue weighted by molar-refractivity contribution is -0.140. The van der Waals surface area contributed by atoms with Crippen molar-refractivity contribution >= 4 is 29.1 Å². The van der Waals surface area contributed by atoms with Crippen LogP contribution >= 0.6 is 11.6 Å². The van der Waals surface area contributed by atoms with Gasteiger partial charge in [0.25, 0.3) is 11.7 Å². The molecule has 2 aromatic rings. The van der Waals surface area contributed by atoms with Crippen LogP contribution in [0, 0.1) is 0 Å². The van der Waals surface area contributed by atoms with Crippen molar-refractivity contribution in [2.75, 3.05) is 52.6 Å². The summed E-state index contributed by atoms with van der Waals surface area (Å²) in [5.41, 5.74) is 1.14. The average Bonchev–Trinajstić information content (AvgIpc) is 3.22. The van der Waals surface area contributed by atoms with Crippen molar-refractivity contribution in [1.82, 2.24) is 9.80 Å². The fourth-order valence-electron chi connectivity index (χ4n) is 5.13. The summed E-state index contributed by atoms with van der Waals surface area (Å²) in [5, 5.41) is 11.8. The van der Waals surface area contributed by atoms with Crippen LogP contribution in [0.3, 0.4) is 0 Å². The molecule has 0 aliphatic carbocycles. The maximum absolute atomic E-state index is 13.4. The number of ether oxygens (including phenoxy) is 3. The molecule has 8 nitrogen and oxygen atoms in total. The molecule has 4 rings (SSSR count). The number of carbonyl (C=O) groups excluding carboxylic acids is 2. The molecule has 0 aromatic heterocycles. The van der Waals surface area contributed by atoms with Gasteiger partial charge in [-0.3, -0.25) is 14.5 Å². The highest BCUT2D eigenvalue weighted by atomic mass is 35.5. The van der Waals surface area contributed by atoms with E-state index in [1.807, 2.05) is 25.1 Å².